The van der Waals surface area contributed by atoms with Crippen molar-refractivity contribution in [2.24, 2.45) is 0 Å². The third-order valence-corrected chi connectivity index (χ3v) is 5.48. The molecule has 0 bridgehead atoms. The molecule has 1 aliphatic heterocycles. The Hall–Kier alpha value is -3.19. The van der Waals surface area contributed by atoms with Crippen LogP contribution >= 0.6 is 0 Å². The molecule has 1 aliphatic rings. The summed E-state index contributed by atoms with van der Waals surface area (Å²) in [5.41, 5.74) is 3.08. The highest BCUT2D eigenvalue weighted by Gasteiger charge is 2.26. The molecular weight excluding hydrogens is 397 g/mol. The maximum atomic E-state index is 13.5. The Kier molecular flexibility index (Phi) is 6.04. The fourth-order valence-corrected chi connectivity index (χ4v) is 4.02. The van der Waals surface area contributed by atoms with Crippen LogP contribution in [0.5, 0.6) is 0 Å². The van der Waals surface area contributed by atoms with Gasteiger partial charge in [-0.2, -0.15) is 0 Å². The van der Waals surface area contributed by atoms with Crippen LogP contribution in [0.15, 0.2) is 48.7 Å². The first-order valence-electron chi connectivity index (χ1n) is 10.4. The number of morpholine rings is 1. The third-order valence-electron chi connectivity index (χ3n) is 5.48. The molecule has 2 atom stereocenters. The molecule has 1 fully saturated rings. The molecule has 7 heteroatoms. The van der Waals surface area contributed by atoms with E-state index in [9.17, 15) is 14.0 Å². The number of rotatable bonds is 5. The molecule has 0 aliphatic carbocycles. The first-order valence-corrected chi connectivity index (χ1v) is 10.4. The summed E-state index contributed by atoms with van der Waals surface area (Å²) in [5.74, 6) is -0.491. The molecule has 1 saturated heterocycles. The molecule has 162 valence electrons. The molecule has 4 rings (SSSR count). The van der Waals surface area contributed by atoms with Crippen molar-refractivity contribution >= 4 is 22.7 Å². The lowest BCUT2D eigenvalue weighted by atomic mass is 10.1. The smallest absolute Gasteiger partial charge is 0.254 e. The predicted octanol–water partition coefficient (Wildman–Crippen LogP) is 3.42. The van der Waals surface area contributed by atoms with Crippen LogP contribution in [0, 0.1) is 5.82 Å². The minimum Gasteiger partial charge on any atom is -0.372 e. The van der Waals surface area contributed by atoms with Gasteiger partial charge in [-0.25, -0.2) is 4.39 Å². The lowest BCUT2D eigenvalue weighted by Gasteiger charge is -2.35. The van der Waals surface area contributed by atoms with Crippen LogP contribution < -0.4 is 5.32 Å². The number of hydrogen-bond acceptors (Lipinski definition) is 3. The van der Waals surface area contributed by atoms with Crippen LogP contribution in [0.2, 0.25) is 0 Å². The molecule has 31 heavy (non-hydrogen) atoms. The van der Waals surface area contributed by atoms with Gasteiger partial charge in [0.15, 0.2) is 0 Å². The van der Waals surface area contributed by atoms with E-state index in [2.05, 4.69) is 10.3 Å². The summed E-state index contributed by atoms with van der Waals surface area (Å²) in [6, 6.07) is 11.8. The van der Waals surface area contributed by atoms with Crippen molar-refractivity contribution in [2.75, 3.05) is 13.1 Å². The van der Waals surface area contributed by atoms with E-state index >= 15 is 0 Å². The normalized spacial score (nSPS) is 18.9. The number of H-pyrrole nitrogens is 1. The van der Waals surface area contributed by atoms with E-state index in [0.717, 1.165) is 16.6 Å². The van der Waals surface area contributed by atoms with Crippen LogP contribution in [0.1, 0.15) is 35.3 Å². The van der Waals surface area contributed by atoms with Gasteiger partial charge in [0.2, 0.25) is 5.91 Å². The summed E-state index contributed by atoms with van der Waals surface area (Å²) in [6.45, 7) is 5.45. The second-order valence-corrected chi connectivity index (χ2v) is 8.12. The number of nitrogens with one attached hydrogen (secondary N) is 2. The first-order chi connectivity index (χ1) is 14.9. The second-order valence-electron chi connectivity index (χ2n) is 8.12. The summed E-state index contributed by atoms with van der Waals surface area (Å²) < 4.78 is 19.2. The van der Waals surface area contributed by atoms with Crippen molar-refractivity contribution in [1.29, 1.82) is 0 Å². The Bertz CT molecular complexity index is 1080. The average molecular weight is 423 g/mol. The highest BCUT2D eigenvalue weighted by atomic mass is 19.1. The Labute approximate surface area is 180 Å². The zero-order valence-corrected chi connectivity index (χ0v) is 17.7. The topological polar surface area (TPSA) is 74.4 Å². The molecule has 6 nitrogen and oxygen atoms in total. The Morgan fingerprint density at radius 1 is 1.13 bits per heavy atom. The number of hydrogen-bond donors (Lipinski definition) is 2. The van der Waals surface area contributed by atoms with E-state index in [0.29, 0.717) is 30.6 Å². The number of carbonyl (C=O) groups is 2. The van der Waals surface area contributed by atoms with Crippen LogP contribution in [-0.4, -0.2) is 47.0 Å². The minimum atomic E-state index is -0.329. The maximum Gasteiger partial charge on any atom is 0.254 e. The van der Waals surface area contributed by atoms with Crippen molar-refractivity contribution in [3.8, 4) is 0 Å². The van der Waals surface area contributed by atoms with Gasteiger partial charge in [0, 0.05) is 42.3 Å². The SMILES string of the molecule is CC1CN(C(=O)c2ccc(CNC(=O)Cc3c[nH]c4ccc(F)cc34)cc2)CC(C)O1. The van der Waals surface area contributed by atoms with Gasteiger partial charge in [-0.1, -0.05) is 12.1 Å². The van der Waals surface area contributed by atoms with Crippen molar-refractivity contribution in [3.05, 3.63) is 71.2 Å². The molecule has 2 aromatic carbocycles. The lowest BCUT2D eigenvalue weighted by Crippen LogP contribution is -2.48. The number of carbonyl (C=O) groups excluding carboxylic acids is 2. The average Bonchev–Trinajstić information content (AvgIpc) is 3.13. The number of benzene rings is 2. The van der Waals surface area contributed by atoms with Gasteiger partial charge in [0.05, 0.1) is 18.6 Å². The number of aromatic nitrogens is 1. The number of ether oxygens (including phenoxy) is 1. The van der Waals surface area contributed by atoms with Gasteiger partial charge in [0.25, 0.3) is 5.91 Å². The van der Waals surface area contributed by atoms with Gasteiger partial charge in [-0.15, -0.1) is 0 Å². The number of fused-ring (bicyclic) bond motifs is 1. The van der Waals surface area contributed by atoms with E-state index in [4.69, 9.17) is 4.74 Å². The second kappa shape index (κ2) is 8.89. The quantitative estimate of drug-likeness (QED) is 0.660. The van der Waals surface area contributed by atoms with Gasteiger partial charge in [0.1, 0.15) is 5.82 Å². The molecule has 3 aromatic rings. The lowest BCUT2D eigenvalue weighted by molar-refractivity contribution is -0.120. The van der Waals surface area contributed by atoms with Gasteiger partial charge < -0.3 is 19.9 Å². The van der Waals surface area contributed by atoms with E-state index in [1.165, 1.54) is 12.1 Å². The zero-order valence-electron chi connectivity index (χ0n) is 17.7. The van der Waals surface area contributed by atoms with Crippen LogP contribution in [0.3, 0.4) is 0 Å². The summed E-state index contributed by atoms with van der Waals surface area (Å²) >= 11 is 0. The molecule has 0 radical (unpaired) electrons. The van der Waals surface area contributed by atoms with Gasteiger partial charge in [-0.3, -0.25) is 9.59 Å². The molecule has 0 spiro atoms. The van der Waals surface area contributed by atoms with Crippen LogP contribution in [0.25, 0.3) is 10.9 Å². The number of amides is 2. The summed E-state index contributed by atoms with van der Waals surface area (Å²) in [6.07, 6.45) is 1.94. The highest BCUT2D eigenvalue weighted by Crippen LogP contribution is 2.20. The van der Waals surface area contributed by atoms with Crippen molar-refractivity contribution in [2.45, 2.75) is 39.0 Å². The zero-order chi connectivity index (χ0) is 22.0. The van der Waals surface area contributed by atoms with E-state index in [1.54, 1.807) is 24.4 Å². The largest absolute Gasteiger partial charge is 0.372 e. The van der Waals surface area contributed by atoms with E-state index in [-0.39, 0.29) is 36.3 Å². The molecule has 1 aromatic heterocycles. The number of aromatic amines is 1. The first kappa shape index (κ1) is 21.1. The summed E-state index contributed by atoms with van der Waals surface area (Å²) in [7, 11) is 0. The fourth-order valence-electron chi connectivity index (χ4n) is 4.02. The molecule has 2 N–H and O–H groups in total. The summed E-state index contributed by atoms with van der Waals surface area (Å²) in [5, 5.41) is 3.59. The highest BCUT2D eigenvalue weighted by molar-refractivity contribution is 5.94. The molecular formula is C24H26FN3O3. The van der Waals surface area contributed by atoms with Crippen LogP contribution in [0.4, 0.5) is 4.39 Å². The predicted molar refractivity (Wildman–Crippen MR) is 116 cm³/mol. The van der Waals surface area contributed by atoms with Gasteiger partial charge >= 0.3 is 0 Å². The third kappa shape index (κ3) is 4.94. The Morgan fingerprint density at radius 3 is 2.55 bits per heavy atom. The van der Waals surface area contributed by atoms with Crippen molar-refractivity contribution in [1.82, 2.24) is 15.2 Å². The minimum absolute atomic E-state index is 0.0100. The van der Waals surface area contributed by atoms with Crippen LogP contribution in [-0.2, 0) is 22.5 Å². The number of halogens is 1. The summed E-state index contributed by atoms with van der Waals surface area (Å²) in [4.78, 5) is 30.0. The standard InChI is InChI=1S/C24H26FN3O3/c1-15-13-28(14-16(2)31-15)24(30)18-5-3-17(4-6-18)11-27-23(29)9-19-12-26-22-8-7-20(25)10-21(19)22/h3-8,10,12,15-16,26H,9,11,13-14H2,1-2H3,(H,27,29). The van der Waals surface area contributed by atoms with Crippen molar-refractivity contribution in [3.63, 3.8) is 0 Å². The van der Waals surface area contributed by atoms with Crippen molar-refractivity contribution < 1.29 is 18.7 Å². The molecule has 2 amide bonds. The molecule has 2 heterocycles. The maximum absolute atomic E-state index is 13.5. The monoisotopic (exact) mass is 423 g/mol. The fraction of sp³-hybridized carbons (Fsp3) is 0.333. The Morgan fingerprint density at radius 2 is 1.84 bits per heavy atom. The van der Waals surface area contributed by atoms with Gasteiger partial charge in [-0.05, 0) is 55.3 Å². The van der Waals surface area contributed by atoms with E-state index in [1.807, 2.05) is 30.9 Å². The van der Waals surface area contributed by atoms with E-state index < -0.39 is 0 Å². The number of nitrogens with zero attached hydrogens (tertiary/aromatic N) is 1. The molecule has 0 saturated carbocycles. The molecule has 2 unspecified atom stereocenters. The Balaban J connectivity index is 1.33.